The molecule has 1 atom stereocenters. The maximum absolute atomic E-state index is 12.2. The molecule has 0 N–H and O–H groups in total. The van der Waals surface area contributed by atoms with Gasteiger partial charge >= 0.3 is 5.97 Å². The van der Waals surface area contributed by atoms with Crippen LogP contribution in [0.4, 0.5) is 0 Å². The molecule has 0 fully saturated rings. The summed E-state index contributed by atoms with van der Waals surface area (Å²) < 4.78 is 11.6. The van der Waals surface area contributed by atoms with Crippen LogP contribution in [0.5, 0.6) is 0 Å². The number of carbonyl (C=O) groups excluding carboxylic acids is 1. The summed E-state index contributed by atoms with van der Waals surface area (Å²) in [7, 11) is -3.46. The number of rotatable bonds is 5. The molecule has 0 aliphatic carbocycles. The first-order valence-corrected chi connectivity index (χ1v) is 13.0. The first-order valence-electron chi connectivity index (χ1n) is 6.17. The quantitative estimate of drug-likeness (QED) is 0.719. The summed E-state index contributed by atoms with van der Waals surface area (Å²) in [5.41, 5.74) is -0.583. The molecule has 3 nitrogen and oxygen atoms in total. The van der Waals surface area contributed by atoms with Gasteiger partial charge in [-0.2, -0.15) is 0 Å². The van der Waals surface area contributed by atoms with Gasteiger partial charge in [0.1, 0.15) is 0 Å². The molecule has 0 amide bonds. The Bertz CT molecular complexity index is 274. The third kappa shape index (κ3) is 6.38. The molecule has 102 valence electrons. The van der Waals surface area contributed by atoms with Crippen LogP contribution in [0.15, 0.2) is 0 Å². The van der Waals surface area contributed by atoms with E-state index in [1.807, 2.05) is 40.4 Å². The van der Waals surface area contributed by atoms with Crippen molar-refractivity contribution < 1.29 is 13.6 Å². The van der Waals surface area contributed by atoms with Gasteiger partial charge in [0.05, 0.1) is 11.5 Å². The smallest absolute Gasteiger partial charge is 0.300 e. The minimum Gasteiger partial charge on any atom is -0.519 e. The van der Waals surface area contributed by atoms with Gasteiger partial charge in [-0.15, -0.1) is 0 Å². The van der Waals surface area contributed by atoms with E-state index in [1.54, 1.807) is 0 Å². The lowest BCUT2D eigenvalue weighted by molar-refractivity contribution is -0.149. The van der Waals surface area contributed by atoms with E-state index in [0.29, 0.717) is 0 Å². The molecule has 1 unspecified atom stereocenters. The highest BCUT2D eigenvalue weighted by Crippen LogP contribution is 2.28. The summed E-state index contributed by atoms with van der Waals surface area (Å²) in [5.74, 6) is -0.137. The topological polar surface area (TPSA) is 35.5 Å². The van der Waals surface area contributed by atoms with Crippen LogP contribution in [-0.2, 0) is 13.6 Å². The maximum atomic E-state index is 12.2. The fourth-order valence-electron chi connectivity index (χ4n) is 1.25. The summed E-state index contributed by atoms with van der Waals surface area (Å²) in [6, 6.07) is 0. The fourth-order valence-corrected chi connectivity index (χ4v) is 3.43. The maximum Gasteiger partial charge on any atom is 0.300 e. The zero-order valence-corrected chi connectivity index (χ0v) is 14.8. The van der Waals surface area contributed by atoms with Crippen LogP contribution in [0, 0.1) is 5.41 Å². The second kappa shape index (κ2) is 5.24. The van der Waals surface area contributed by atoms with Crippen LogP contribution in [0.2, 0.25) is 39.3 Å². The van der Waals surface area contributed by atoms with Gasteiger partial charge in [-0.05, 0) is 60.1 Å². The van der Waals surface area contributed by atoms with Gasteiger partial charge in [0, 0.05) is 0 Å². The SMILES string of the molecule is CC(O[Si](C)(C)C)C(C)(C)C(=O)O[Si](C)(C)C. The van der Waals surface area contributed by atoms with E-state index in [9.17, 15) is 4.79 Å². The molecule has 0 aromatic rings. The van der Waals surface area contributed by atoms with E-state index < -0.39 is 22.0 Å². The van der Waals surface area contributed by atoms with Crippen molar-refractivity contribution in [2.24, 2.45) is 5.41 Å². The third-order valence-electron chi connectivity index (χ3n) is 2.47. The monoisotopic (exact) mass is 276 g/mol. The van der Waals surface area contributed by atoms with Crippen molar-refractivity contribution in [2.75, 3.05) is 0 Å². The third-order valence-corrected chi connectivity index (χ3v) is 4.33. The van der Waals surface area contributed by atoms with E-state index in [-0.39, 0.29) is 12.1 Å². The van der Waals surface area contributed by atoms with Crippen molar-refractivity contribution in [2.45, 2.75) is 66.2 Å². The van der Waals surface area contributed by atoms with Gasteiger partial charge < -0.3 is 8.85 Å². The van der Waals surface area contributed by atoms with E-state index >= 15 is 0 Å². The molecular formula is C12H28O3Si2. The van der Waals surface area contributed by atoms with Gasteiger partial charge in [0.15, 0.2) is 8.32 Å². The molecule has 0 aromatic heterocycles. The molecule has 0 rings (SSSR count). The van der Waals surface area contributed by atoms with E-state index in [0.717, 1.165) is 0 Å². The van der Waals surface area contributed by atoms with Gasteiger partial charge in [-0.25, -0.2) is 0 Å². The van der Waals surface area contributed by atoms with E-state index in [4.69, 9.17) is 8.85 Å². The highest BCUT2D eigenvalue weighted by atomic mass is 28.4. The van der Waals surface area contributed by atoms with E-state index in [1.165, 1.54) is 0 Å². The highest BCUT2D eigenvalue weighted by molar-refractivity contribution is 6.71. The fraction of sp³-hybridized carbons (Fsp3) is 0.917. The van der Waals surface area contributed by atoms with Gasteiger partial charge in [-0.1, -0.05) is 0 Å². The molecule has 0 aliphatic rings. The molecule has 0 radical (unpaired) electrons. The Morgan fingerprint density at radius 2 is 1.41 bits per heavy atom. The summed E-state index contributed by atoms with van der Waals surface area (Å²) >= 11 is 0. The van der Waals surface area contributed by atoms with Gasteiger partial charge in [0.25, 0.3) is 0 Å². The van der Waals surface area contributed by atoms with Crippen LogP contribution in [0.25, 0.3) is 0 Å². The summed E-state index contributed by atoms with van der Waals surface area (Å²) in [6.45, 7) is 18.2. The molecule has 0 aromatic carbocycles. The lowest BCUT2D eigenvalue weighted by atomic mass is 9.88. The first-order chi connectivity index (χ1) is 7.26. The zero-order valence-electron chi connectivity index (χ0n) is 12.8. The molecular weight excluding hydrogens is 248 g/mol. The minimum absolute atomic E-state index is 0.113. The molecule has 0 heterocycles. The number of hydrogen-bond acceptors (Lipinski definition) is 3. The minimum atomic E-state index is -1.83. The lowest BCUT2D eigenvalue weighted by Crippen LogP contribution is -2.46. The predicted octanol–water partition coefficient (Wildman–Crippen LogP) is 3.63. The summed E-state index contributed by atoms with van der Waals surface area (Å²) in [5, 5.41) is 0. The van der Waals surface area contributed by atoms with Crippen molar-refractivity contribution in [3.05, 3.63) is 0 Å². The number of hydrogen-bond donors (Lipinski definition) is 0. The van der Waals surface area contributed by atoms with Crippen molar-refractivity contribution in [1.82, 2.24) is 0 Å². The average Bonchev–Trinajstić information content (AvgIpc) is 1.96. The summed E-state index contributed by atoms with van der Waals surface area (Å²) in [6.07, 6.45) is -0.113. The molecule has 0 spiro atoms. The second-order valence-electron chi connectivity index (χ2n) is 7.10. The average molecular weight is 277 g/mol. The summed E-state index contributed by atoms with van der Waals surface area (Å²) in [4.78, 5) is 12.2. The van der Waals surface area contributed by atoms with Crippen LogP contribution in [0.1, 0.15) is 20.8 Å². The van der Waals surface area contributed by atoms with Crippen LogP contribution in [0.3, 0.4) is 0 Å². The van der Waals surface area contributed by atoms with Crippen molar-refractivity contribution in [1.29, 1.82) is 0 Å². The Hall–Kier alpha value is -0.136. The van der Waals surface area contributed by atoms with Crippen molar-refractivity contribution in [3.63, 3.8) is 0 Å². The molecule has 0 aliphatic heterocycles. The lowest BCUT2D eigenvalue weighted by Gasteiger charge is -2.36. The molecule has 0 saturated heterocycles. The first kappa shape index (κ1) is 16.9. The highest BCUT2D eigenvalue weighted by Gasteiger charge is 2.40. The van der Waals surface area contributed by atoms with Crippen LogP contribution >= 0.6 is 0 Å². The van der Waals surface area contributed by atoms with Crippen molar-refractivity contribution >= 4 is 22.6 Å². The van der Waals surface area contributed by atoms with Crippen LogP contribution < -0.4 is 0 Å². The van der Waals surface area contributed by atoms with E-state index in [2.05, 4.69) is 19.6 Å². The second-order valence-corrected chi connectivity index (χ2v) is 16.0. The zero-order chi connectivity index (χ0) is 14.1. The molecule has 0 saturated carbocycles. The Balaban J connectivity index is 4.71. The standard InChI is InChI=1S/C12H28O3Si2/c1-10(14-16(4,5)6)12(2,3)11(13)15-17(7,8)9/h10H,1-9H3. The van der Waals surface area contributed by atoms with Crippen molar-refractivity contribution in [3.8, 4) is 0 Å². The Labute approximate surface area is 108 Å². The van der Waals surface area contributed by atoms with Gasteiger partial charge in [0.2, 0.25) is 8.32 Å². The number of carbonyl (C=O) groups is 1. The van der Waals surface area contributed by atoms with Crippen LogP contribution in [-0.4, -0.2) is 28.7 Å². The molecule has 17 heavy (non-hydrogen) atoms. The Morgan fingerprint density at radius 1 is 1.00 bits per heavy atom. The molecule has 5 heteroatoms. The Kier molecular flexibility index (Phi) is 5.20. The predicted molar refractivity (Wildman–Crippen MR) is 77.1 cm³/mol. The molecule has 0 bridgehead atoms. The largest absolute Gasteiger partial charge is 0.519 e. The Morgan fingerprint density at radius 3 is 1.71 bits per heavy atom. The van der Waals surface area contributed by atoms with Gasteiger partial charge in [-0.3, -0.25) is 4.79 Å². The normalized spacial score (nSPS) is 15.6.